The van der Waals surface area contributed by atoms with Gasteiger partial charge in [-0.05, 0) is 61.8 Å². The summed E-state index contributed by atoms with van der Waals surface area (Å²) in [5.41, 5.74) is 4.28. The molecule has 0 aromatic carbocycles. The number of hydrogen-bond acceptors (Lipinski definition) is 4. The van der Waals surface area contributed by atoms with Gasteiger partial charge in [0.1, 0.15) is 5.69 Å². The first-order chi connectivity index (χ1) is 13.2. The highest BCUT2D eigenvalue weighted by Crippen LogP contribution is 2.22. The van der Waals surface area contributed by atoms with Gasteiger partial charge >= 0.3 is 0 Å². The van der Waals surface area contributed by atoms with Crippen LogP contribution in [0, 0.1) is 0 Å². The number of nitrogens with one attached hydrogen (secondary N) is 2. The number of H-pyrrole nitrogens is 1. The minimum absolute atomic E-state index is 0.0595. The van der Waals surface area contributed by atoms with E-state index in [1.54, 1.807) is 6.20 Å². The van der Waals surface area contributed by atoms with Crippen LogP contribution < -0.4 is 10.9 Å². The average Bonchev–Trinajstić information content (AvgIpc) is 2.71. The third kappa shape index (κ3) is 4.10. The Bertz CT molecular complexity index is 884. The summed E-state index contributed by atoms with van der Waals surface area (Å²) in [6.07, 6.45) is 11.9. The Labute approximate surface area is 158 Å². The van der Waals surface area contributed by atoms with E-state index < -0.39 is 0 Å². The minimum Gasteiger partial charge on any atom is -0.348 e. The molecule has 27 heavy (non-hydrogen) atoms. The number of pyridine rings is 1. The normalized spacial score (nSPS) is 17.3. The van der Waals surface area contributed by atoms with E-state index in [2.05, 4.69) is 20.5 Å². The van der Waals surface area contributed by atoms with E-state index in [-0.39, 0.29) is 17.5 Å². The summed E-state index contributed by atoms with van der Waals surface area (Å²) in [5.74, 6) is -0.0970. The highest BCUT2D eigenvalue weighted by molar-refractivity contribution is 5.92. The molecule has 6 nitrogen and oxygen atoms in total. The first kappa shape index (κ1) is 17.9. The average molecular weight is 366 g/mol. The summed E-state index contributed by atoms with van der Waals surface area (Å²) < 4.78 is 0. The van der Waals surface area contributed by atoms with Crippen LogP contribution in [0.4, 0.5) is 0 Å². The predicted molar refractivity (Wildman–Crippen MR) is 103 cm³/mol. The van der Waals surface area contributed by atoms with Crippen LogP contribution >= 0.6 is 0 Å². The van der Waals surface area contributed by atoms with Crippen molar-refractivity contribution < 1.29 is 4.79 Å². The molecule has 4 rings (SSSR count). The Balaban J connectivity index is 1.51. The summed E-state index contributed by atoms with van der Waals surface area (Å²) in [4.78, 5) is 28.8. The summed E-state index contributed by atoms with van der Waals surface area (Å²) in [5, 5.41) is 10.1. The molecule has 2 N–H and O–H groups in total. The standard InChI is InChI=1S/C21H26N4O2/c26-20-17-9-5-4-8-16(17)18(24-25-20)12-14-10-11-22-19(13-14)21(27)23-15-6-2-1-3-7-15/h10-11,13,15H,1-9,12H2,(H,23,27)(H,25,26). The first-order valence-electron chi connectivity index (χ1n) is 10.1. The second-order valence-corrected chi connectivity index (χ2v) is 7.70. The number of carbonyl (C=O) groups is 1. The third-order valence-electron chi connectivity index (χ3n) is 5.75. The highest BCUT2D eigenvalue weighted by Gasteiger charge is 2.20. The number of aromatic amines is 1. The molecular weight excluding hydrogens is 340 g/mol. The van der Waals surface area contributed by atoms with Crippen molar-refractivity contribution in [3.8, 4) is 0 Å². The van der Waals surface area contributed by atoms with Crippen molar-refractivity contribution in [1.82, 2.24) is 20.5 Å². The molecule has 0 spiro atoms. The SMILES string of the molecule is O=C(NC1CCCCC1)c1cc(Cc2n[nH]c(=O)c3c2CCCC3)ccn1. The Morgan fingerprint density at radius 2 is 1.89 bits per heavy atom. The number of nitrogens with zero attached hydrogens (tertiary/aromatic N) is 2. The van der Waals surface area contributed by atoms with Crippen LogP contribution in [-0.4, -0.2) is 27.1 Å². The fraction of sp³-hybridized carbons (Fsp3) is 0.524. The summed E-state index contributed by atoms with van der Waals surface area (Å²) in [6.45, 7) is 0. The van der Waals surface area contributed by atoms with Gasteiger partial charge in [0.05, 0.1) is 5.69 Å². The Hall–Kier alpha value is -2.50. The summed E-state index contributed by atoms with van der Waals surface area (Å²) >= 11 is 0. The van der Waals surface area contributed by atoms with Crippen molar-refractivity contribution in [3.05, 3.63) is 56.8 Å². The van der Waals surface area contributed by atoms with Crippen LogP contribution in [0.3, 0.4) is 0 Å². The topological polar surface area (TPSA) is 87.7 Å². The van der Waals surface area contributed by atoms with Crippen molar-refractivity contribution in [2.24, 2.45) is 0 Å². The molecule has 1 saturated carbocycles. The molecule has 142 valence electrons. The van der Waals surface area contributed by atoms with Crippen LogP contribution in [0.5, 0.6) is 0 Å². The molecule has 0 aliphatic heterocycles. The van der Waals surface area contributed by atoms with Gasteiger partial charge in [-0.15, -0.1) is 0 Å². The molecule has 0 radical (unpaired) electrons. The van der Waals surface area contributed by atoms with Crippen molar-refractivity contribution in [3.63, 3.8) is 0 Å². The van der Waals surface area contributed by atoms with Gasteiger partial charge in [0.15, 0.2) is 0 Å². The van der Waals surface area contributed by atoms with Gasteiger partial charge in [-0.3, -0.25) is 14.6 Å². The van der Waals surface area contributed by atoms with E-state index in [0.29, 0.717) is 12.1 Å². The van der Waals surface area contributed by atoms with Gasteiger partial charge in [0.25, 0.3) is 11.5 Å². The van der Waals surface area contributed by atoms with Crippen molar-refractivity contribution in [1.29, 1.82) is 0 Å². The van der Waals surface area contributed by atoms with Crippen LogP contribution in [0.15, 0.2) is 23.1 Å². The molecule has 0 bridgehead atoms. The second kappa shape index (κ2) is 8.03. The van der Waals surface area contributed by atoms with Gasteiger partial charge < -0.3 is 5.32 Å². The molecule has 2 aliphatic rings. The van der Waals surface area contributed by atoms with Gasteiger partial charge in [-0.1, -0.05) is 19.3 Å². The zero-order valence-electron chi connectivity index (χ0n) is 15.6. The molecule has 1 amide bonds. The van der Waals surface area contributed by atoms with E-state index >= 15 is 0 Å². The lowest BCUT2D eigenvalue weighted by atomic mass is 9.90. The Kier molecular flexibility index (Phi) is 5.32. The number of hydrogen-bond donors (Lipinski definition) is 2. The number of fused-ring (bicyclic) bond motifs is 1. The molecule has 1 fully saturated rings. The third-order valence-corrected chi connectivity index (χ3v) is 5.75. The van der Waals surface area contributed by atoms with Gasteiger partial charge in [-0.2, -0.15) is 5.10 Å². The maximum atomic E-state index is 12.6. The minimum atomic E-state index is -0.0970. The molecule has 6 heteroatoms. The molecule has 0 atom stereocenters. The highest BCUT2D eigenvalue weighted by atomic mass is 16.2. The van der Waals surface area contributed by atoms with Crippen molar-refractivity contribution in [2.45, 2.75) is 70.3 Å². The van der Waals surface area contributed by atoms with Gasteiger partial charge in [0, 0.05) is 24.2 Å². The fourth-order valence-electron chi connectivity index (χ4n) is 4.28. The monoisotopic (exact) mass is 366 g/mol. The quantitative estimate of drug-likeness (QED) is 0.871. The predicted octanol–water partition coefficient (Wildman–Crippen LogP) is 2.70. The lowest BCUT2D eigenvalue weighted by molar-refractivity contribution is 0.0922. The first-order valence-corrected chi connectivity index (χ1v) is 10.1. The second-order valence-electron chi connectivity index (χ2n) is 7.70. The van der Waals surface area contributed by atoms with Crippen LogP contribution in [-0.2, 0) is 19.3 Å². The number of carbonyl (C=O) groups excluding carboxylic acids is 1. The largest absolute Gasteiger partial charge is 0.348 e. The fourth-order valence-corrected chi connectivity index (χ4v) is 4.28. The summed E-state index contributed by atoms with van der Waals surface area (Å²) in [6, 6.07) is 4.03. The molecule has 2 aliphatic carbocycles. The molecule has 2 heterocycles. The van der Waals surface area contributed by atoms with Crippen LogP contribution in [0.1, 0.15) is 77.8 Å². The zero-order valence-corrected chi connectivity index (χ0v) is 15.6. The smallest absolute Gasteiger partial charge is 0.270 e. The van der Waals surface area contributed by atoms with Crippen molar-refractivity contribution >= 4 is 5.91 Å². The maximum absolute atomic E-state index is 12.6. The van der Waals surface area contributed by atoms with E-state index in [1.165, 1.54) is 19.3 Å². The van der Waals surface area contributed by atoms with E-state index in [1.807, 2.05) is 12.1 Å². The Morgan fingerprint density at radius 1 is 1.11 bits per heavy atom. The molecule has 2 aromatic rings. The van der Waals surface area contributed by atoms with Crippen LogP contribution in [0.25, 0.3) is 0 Å². The number of amides is 1. The lowest BCUT2D eigenvalue weighted by Gasteiger charge is -2.22. The molecule has 2 aromatic heterocycles. The number of rotatable bonds is 4. The lowest BCUT2D eigenvalue weighted by Crippen LogP contribution is -2.36. The maximum Gasteiger partial charge on any atom is 0.270 e. The number of aromatic nitrogens is 3. The Morgan fingerprint density at radius 3 is 2.70 bits per heavy atom. The zero-order chi connectivity index (χ0) is 18.6. The van der Waals surface area contributed by atoms with Gasteiger partial charge in [0.2, 0.25) is 0 Å². The molecule has 0 saturated heterocycles. The van der Waals surface area contributed by atoms with Gasteiger partial charge in [-0.25, -0.2) is 5.10 Å². The summed E-state index contributed by atoms with van der Waals surface area (Å²) in [7, 11) is 0. The molecular formula is C21H26N4O2. The van der Waals surface area contributed by atoms with E-state index in [0.717, 1.165) is 60.9 Å². The van der Waals surface area contributed by atoms with Crippen LogP contribution in [0.2, 0.25) is 0 Å². The van der Waals surface area contributed by atoms with E-state index in [9.17, 15) is 9.59 Å². The molecule has 0 unspecified atom stereocenters. The van der Waals surface area contributed by atoms with Crippen molar-refractivity contribution in [2.75, 3.05) is 0 Å². The van der Waals surface area contributed by atoms with E-state index in [4.69, 9.17) is 0 Å².